The van der Waals surface area contributed by atoms with Crippen molar-refractivity contribution >= 4 is 55.0 Å². The summed E-state index contributed by atoms with van der Waals surface area (Å²) in [6, 6.07) is 20.7. The molecule has 1 N–H and O–H groups in total. The number of fused-ring (bicyclic) bond motifs is 1. The monoisotopic (exact) mass is 570 g/mol. The van der Waals surface area contributed by atoms with E-state index in [-0.39, 0.29) is 5.76 Å². The Morgan fingerprint density at radius 3 is 2.61 bits per heavy atom. The Bertz CT molecular complexity index is 1300. The fraction of sp³-hybridized carbons (Fsp3) is 0.120. The molecule has 6 nitrogen and oxygen atoms in total. The van der Waals surface area contributed by atoms with Gasteiger partial charge in [0.05, 0.1) is 12.8 Å². The Balaban J connectivity index is 1.46. The van der Waals surface area contributed by atoms with Crippen molar-refractivity contribution in [1.29, 1.82) is 0 Å². The van der Waals surface area contributed by atoms with Gasteiger partial charge in [-0.3, -0.25) is 4.79 Å². The summed E-state index contributed by atoms with van der Waals surface area (Å²) in [4.78, 5) is 12.4. The van der Waals surface area contributed by atoms with Crippen molar-refractivity contribution in [2.75, 3.05) is 6.61 Å². The summed E-state index contributed by atoms with van der Waals surface area (Å²) in [6.07, 6.45) is 1.53. The van der Waals surface area contributed by atoms with Gasteiger partial charge < -0.3 is 13.9 Å². The molecule has 0 fully saturated rings. The number of ether oxygens (including phenoxy) is 2. The highest BCUT2D eigenvalue weighted by Crippen LogP contribution is 2.34. The molecule has 0 spiro atoms. The fourth-order valence-corrected chi connectivity index (χ4v) is 3.91. The van der Waals surface area contributed by atoms with Gasteiger partial charge in [-0.05, 0) is 64.8 Å². The Kier molecular flexibility index (Phi) is 7.47. The average Bonchev–Trinajstić information content (AvgIpc) is 3.24. The number of halogens is 2. The van der Waals surface area contributed by atoms with Crippen molar-refractivity contribution in [1.82, 2.24) is 5.43 Å². The van der Waals surface area contributed by atoms with Crippen molar-refractivity contribution in [3.8, 4) is 11.5 Å². The maximum Gasteiger partial charge on any atom is 0.307 e. The molecule has 0 aliphatic rings. The summed E-state index contributed by atoms with van der Waals surface area (Å²) < 4.78 is 19.0. The number of nitrogens with zero attached hydrogens (tertiary/aromatic N) is 1. The van der Waals surface area contributed by atoms with E-state index < -0.39 is 5.91 Å². The van der Waals surface area contributed by atoms with Crippen molar-refractivity contribution in [3.63, 3.8) is 0 Å². The van der Waals surface area contributed by atoms with Crippen LogP contribution in [-0.4, -0.2) is 18.7 Å². The third kappa shape index (κ3) is 5.83. The first kappa shape index (κ1) is 23.1. The molecule has 0 aliphatic carbocycles. The highest BCUT2D eigenvalue weighted by atomic mass is 79.9. The molecule has 168 valence electrons. The number of amides is 1. The second kappa shape index (κ2) is 10.7. The van der Waals surface area contributed by atoms with Crippen LogP contribution in [0.4, 0.5) is 0 Å². The lowest BCUT2D eigenvalue weighted by atomic mass is 10.2. The Morgan fingerprint density at radius 2 is 1.82 bits per heavy atom. The minimum absolute atomic E-state index is 0.180. The minimum Gasteiger partial charge on any atom is -0.490 e. The Labute approximate surface area is 207 Å². The first-order chi connectivity index (χ1) is 16.0. The van der Waals surface area contributed by atoms with Gasteiger partial charge in [0.1, 0.15) is 12.2 Å². The number of carbonyl (C=O) groups is 1. The molecular weight excluding hydrogens is 552 g/mol. The fourth-order valence-electron chi connectivity index (χ4n) is 3.11. The molecule has 0 saturated heterocycles. The van der Waals surface area contributed by atoms with Crippen LogP contribution in [0.5, 0.6) is 11.5 Å². The zero-order valence-corrected chi connectivity index (χ0v) is 20.9. The van der Waals surface area contributed by atoms with Gasteiger partial charge in [0, 0.05) is 19.9 Å². The third-order valence-electron chi connectivity index (χ3n) is 4.67. The number of hydrazone groups is 1. The van der Waals surface area contributed by atoms with E-state index >= 15 is 0 Å². The van der Waals surface area contributed by atoms with Crippen LogP contribution in [0.3, 0.4) is 0 Å². The standard InChI is InChI=1S/C25H20Br2N2O4/c1-2-31-22-12-18(20(27)13-23(22)32-15-16-6-4-3-5-7-16)14-28-29-25(30)24-11-17-10-19(26)8-9-21(17)33-24/h3-14H,2,15H2,1H3,(H,29,30)/b28-14+. The second-order valence-corrected chi connectivity index (χ2v) is 8.79. The molecule has 33 heavy (non-hydrogen) atoms. The van der Waals surface area contributed by atoms with Crippen LogP contribution < -0.4 is 14.9 Å². The Morgan fingerprint density at radius 1 is 1.03 bits per heavy atom. The maximum atomic E-state index is 12.4. The molecule has 1 heterocycles. The highest BCUT2D eigenvalue weighted by molar-refractivity contribution is 9.10. The van der Waals surface area contributed by atoms with Crippen molar-refractivity contribution in [2.24, 2.45) is 5.10 Å². The predicted molar refractivity (Wildman–Crippen MR) is 135 cm³/mol. The number of nitrogens with one attached hydrogen (secondary N) is 1. The lowest BCUT2D eigenvalue weighted by Crippen LogP contribution is -2.16. The number of carbonyl (C=O) groups excluding carboxylic acids is 1. The van der Waals surface area contributed by atoms with E-state index in [1.807, 2.05) is 61.5 Å². The highest BCUT2D eigenvalue weighted by Gasteiger charge is 2.13. The molecule has 8 heteroatoms. The molecule has 1 amide bonds. The summed E-state index contributed by atoms with van der Waals surface area (Å²) in [5.74, 6) is 0.941. The summed E-state index contributed by atoms with van der Waals surface area (Å²) in [7, 11) is 0. The SMILES string of the molecule is CCOc1cc(/C=N/NC(=O)c2cc3cc(Br)ccc3o2)c(Br)cc1OCc1ccccc1. The summed E-state index contributed by atoms with van der Waals surface area (Å²) in [5, 5.41) is 4.90. The van der Waals surface area contributed by atoms with E-state index in [1.54, 1.807) is 12.1 Å². The average molecular weight is 572 g/mol. The van der Waals surface area contributed by atoms with Crippen LogP contribution in [0, 0.1) is 0 Å². The lowest BCUT2D eigenvalue weighted by Gasteiger charge is -2.14. The van der Waals surface area contributed by atoms with E-state index in [0.717, 1.165) is 25.5 Å². The molecule has 0 saturated carbocycles. The van der Waals surface area contributed by atoms with Crippen LogP contribution >= 0.6 is 31.9 Å². The second-order valence-electron chi connectivity index (χ2n) is 7.02. The summed E-state index contributed by atoms with van der Waals surface area (Å²) >= 11 is 6.95. The zero-order chi connectivity index (χ0) is 23.2. The molecule has 0 unspecified atom stereocenters. The molecule has 0 atom stereocenters. The Hall–Kier alpha value is -3.10. The summed E-state index contributed by atoms with van der Waals surface area (Å²) in [5.41, 5.74) is 4.90. The van der Waals surface area contributed by atoms with Gasteiger partial charge in [-0.1, -0.05) is 46.3 Å². The van der Waals surface area contributed by atoms with Crippen LogP contribution in [-0.2, 0) is 6.61 Å². The molecule has 1 aromatic heterocycles. The van der Waals surface area contributed by atoms with Gasteiger partial charge in [-0.2, -0.15) is 5.10 Å². The number of rotatable bonds is 8. The topological polar surface area (TPSA) is 73.1 Å². The molecule has 0 aliphatic heterocycles. The van der Waals surface area contributed by atoms with E-state index in [4.69, 9.17) is 13.9 Å². The van der Waals surface area contributed by atoms with Crippen molar-refractivity contribution < 1.29 is 18.7 Å². The zero-order valence-electron chi connectivity index (χ0n) is 17.7. The van der Waals surface area contributed by atoms with Crippen LogP contribution in [0.2, 0.25) is 0 Å². The van der Waals surface area contributed by atoms with Crippen LogP contribution in [0.1, 0.15) is 28.6 Å². The van der Waals surface area contributed by atoms with E-state index in [9.17, 15) is 4.79 Å². The quantitative estimate of drug-likeness (QED) is 0.189. The van der Waals surface area contributed by atoms with Gasteiger partial charge in [0.2, 0.25) is 0 Å². The number of hydrogen-bond acceptors (Lipinski definition) is 5. The van der Waals surface area contributed by atoms with Gasteiger partial charge in [0.25, 0.3) is 0 Å². The third-order valence-corrected chi connectivity index (χ3v) is 5.85. The molecular formula is C25H20Br2N2O4. The van der Waals surface area contributed by atoms with Crippen molar-refractivity contribution in [2.45, 2.75) is 13.5 Å². The van der Waals surface area contributed by atoms with Gasteiger partial charge in [-0.15, -0.1) is 0 Å². The van der Waals surface area contributed by atoms with Gasteiger partial charge in [0.15, 0.2) is 17.3 Å². The first-order valence-corrected chi connectivity index (χ1v) is 11.8. The summed E-state index contributed by atoms with van der Waals surface area (Å²) in [6.45, 7) is 2.81. The van der Waals surface area contributed by atoms with E-state index in [2.05, 4.69) is 42.4 Å². The molecule has 0 radical (unpaired) electrons. The van der Waals surface area contributed by atoms with Gasteiger partial charge >= 0.3 is 5.91 Å². The largest absolute Gasteiger partial charge is 0.490 e. The lowest BCUT2D eigenvalue weighted by molar-refractivity contribution is 0.0929. The molecule has 0 bridgehead atoms. The van der Waals surface area contributed by atoms with Gasteiger partial charge in [-0.25, -0.2) is 5.43 Å². The number of furan rings is 1. The minimum atomic E-state index is -0.442. The van der Waals surface area contributed by atoms with E-state index in [0.29, 0.717) is 30.3 Å². The van der Waals surface area contributed by atoms with E-state index in [1.165, 1.54) is 6.21 Å². The smallest absolute Gasteiger partial charge is 0.307 e. The van der Waals surface area contributed by atoms with Crippen LogP contribution in [0.25, 0.3) is 11.0 Å². The van der Waals surface area contributed by atoms with Crippen LogP contribution in [0.15, 0.2) is 85.2 Å². The van der Waals surface area contributed by atoms with Crippen molar-refractivity contribution in [3.05, 3.63) is 92.6 Å². The molecule has 4 aromatic rings. The number of hydrogen-bond donors (Lipinski definition) is 1. The predicted octanol–water partition coefficient (Wildman–Crippen LogP) is 6.70. The number of benzene rings is 3. The molecule has 3 aromatic carbocycles. The normalized spacial score (nSPS) is 11.1. The maximum absolute atomic E-state index is 12.4. The molecule has 4 rings (SSSR count). The first-order valence-electron chi connectivity index (χ1n) is 10.2.